The Bertz CT molecular complexity index is 80.5. The monoisotopic (exact) mass is 195 g/mol. The molecule has 11 heavy (non-hydrogen) atoms. The first-order valence-electron chi connectivity index (χ1n) is 4.04. The molecule has 0 atom stereocenters. The Kier molecular flexibility index (Phi) is 9.17. The zero-order valence-electron chi connectivity index (χ0n) is 7.48. The van der Waals surface area contributed by atoms with Gasteiger partial charge in [-0.1, -0.05) is 0 Å². The van der Waals surface area contributed by atoms with Crippen molar-refractivity contribution < 1.29 is 0 Å². The minimum absolute atomic E-state index is 0.785. The average Bonchev–Trinajstić information content (AvgIpc) is 2.01. The first-order valence-corrected chi connectivity index (χ1v) is 5.97. The lowest BCUT2D eigenvalue weighted by atomic mass is 10.4. The fraction of sp³-hybridized carbons (Fsp3) is 1.00. The molecule has 0 aliphatic heterocycles. The predicted molar refractivity (Wildman–Crippen MR) is 55.8 cm³/mol. The molecule has 0 radical (unpaired) electrons. The van der Waals surface area contributed by atoms with Crippen molar-refractivity contribution in [2.75, 3.05) is 38.0 Å². The first kappa shape index (κ1) is 11.6. The van der Waals surface area contributed by atoms with Gasteiger partial charge in [0.25, 0.3) is 0 Å². The lowest BCUT2D eigenvalue weighted by molar-refractivity contribution is 0.337. The number of hydrogen-bond acceptors (Lipinski definition) is 2. The summed E-state index contributed by atoms with van der Waals surface area (Å²) in [5.41, 5.74) is 0. The van der Waals surface area contributed by atoms with Crippen molar-refractivity contribution in [2.45, 2.75) is 12.8 Å². The highest BCUT2D eigenvalue weighted by Gasteiger charge is 1.95. The fourth-order valence-electron chi connectivity index (χ4n) is 0.920. The first-order chi connectivity index (χ1) is 5.31. The van der Waals surface area contributed by atoms with Gasteiger partial charge in [0, 0.05) is 5.88 Å². The van der Waals surface area contributed by atoms with Gasteiger partial charge in [-0.25, -0.2) is 0 Å². The second kappa shape index (κ2) is 8.69. The van der Waals surface area contributed by atoms with Crippen molar-refractivity contribution in [3.63, 3.8) is 0 Å². The second-order valence-corrected chi connectivity index (χ2v) is 4.06. The summed E-state index contributed by atoms with van der Waals surface area (Å²) in [5, 5.41) is 0. The van der Waals surface area contributed by atoms with Crippen LogP contribution in [0.4, 0.5) is 0 Å². The lowest BCUT2D eigenvalue weighted by Crippen LogP contribution is -2.21. The third-order valence-corrected chi connectivity index (χ3v) is 2.53. The van der Waals surface area contributed by atoms with Crippen LogP contribution < -0.4 is 0 Å². The van der Waals surface area contributed by atoms with Crippen LogP contribution in [0.2, 0.25) is 0 Å². The van der Waals surface area contributed by atoms with Crippen LogP contribution in [0.15, 0.2) is 0 Å². The fourth-order valence-corrected chi connectivity index (χ4v) is 1.46. The highest BCUT2D eigenvalue weighted by Crippen LogP contribution is 1.97. The number of halogens is 1. The molecule has 0 saturated carbocycles. The van der Waals surface area contributed by atoms with E-state index in [4.69, 9.17) is 11.6 Å². The van der Waals surface area contributed by atoms with E-state index in [1.807, 2.05) is 11.8 Å². The SMILES string of the molecule is CSCCCN(C)CCCCl. The molecular formula is C8H18ClNS. The Morgan fingerprint density at radius 3 is 2.45 bits per heavy atom. The molecule has 1 nitrogen and oxygen atoms in total. The molecule has 0 saturated heterocycles. The van der Waals surface area contributed by atoms with Crippen LogP contribution in [0.25, 0.3) is 0 Å². The summed E-state index contributed by atoms with van der Waals surface area (Å²) in [7, 11) is 2.16. The van der Waals surface area contributed by atoms with E-state index >= 15 is 0 Å². The van der Waals surface area contributed by atoms with E-state index < -0.39 is 0 Å². The van der Waals surface area contributed by atoms with Gasteiger partial charge in [-0.05, 0) is 45.0 Å². The quantitative estimate of drug-likeness (QED) is 0.453. The van der Waals surface area contributed by atoms with Gasteiger partial charge in [0.05, 0.1) is 0 Å². The third kappa shape index (κ3) is 8.51. The lowest BCUT2D eigenvalue weighted by Gasteiger charge is -2.14. The summed E-state index contributed by atoms with van der Waals surface area (Å²) in [6.07, 6.45) is 4.55. The largest absolute Gasteiger partial charge is 0.306 e. The molecular weight excluding hydrogens is 178 g/mol. The van der Waals surface area contributed by atoms with Gasteiger partial charge in [-0.15, -0.1) is 11.6 Å². The van der Waals surface area contributed by atoms with Crippen molar-refractivity contribution in [1.29, 1.82) is 0 Å². The standard InChI is InChI=1S/C8H18ClNS/c1-10(6-3-5-9)7-4-8-11-2/h3-8H2,1-2H3. The van der Waals surface area contributed by atoms with Gasteiger partial charge in [-0.2, -0.15) is 11.8 Å². The topological polar surface area (TPSA) is 3.24 Å². The summed E-state index contributed by atoms with van der Waals surface area (Å²) in [4.78, 5) is 2.35. The summed E-state index contributed by atoms with van der Waals surface area (Å²) in [6.45, 7) is 2.34. The van der Waals surface area contributed by atoms with Crippen molar-refractivity contribution in [3.05, 3.63) is 0 Å². The maximum absolute atomic E-state index is 5.58. The molecule has 0 amide bonds. The van der Waals surface area contributed by atoms with E-state index in [-0.39, 0.29) is 0 Å². The van der Waals surface area contributed by atoms with Gasteiger partial charge in [0.15, 0.2) is 0 Å². The molecule has 0 aromatic rings. The van der Waals surface area contributed by atoms with E-state index in [0.717, 1.165) is 18.8 Å². The molecule has 0 rings (SSSR count). The van der Waals surface area contributed by atoms with E-state index in [1.54, 1.807) is 0 Å². The normalized spacial score (nSPS) is 10.9. The van der Waals surface area contributed by atoms with Crippen LogP contribution in [-0.4, -0.2) is 42.9 Å². The van der Waals surface area contributed by atoms with Crippen LogP contribution in [0, 0.1) is 0 Å². The molecule has 68 valence electrons. The van der Waals surface area contributed by atoms with Crippen molar-refractivity contribution in [3.8, 4) is 0 Å². The van der Waals surface area contributed by atoms with E-state index in [9.17, 15) is 0 Å². The van der Waals surface area contributed by atoms with Crippen molar-refractivity contribution in [2.24, 2.45) is 0 Å². The number of nitrogens with zero attached hydrogens (tertiary/aromatic N) is 1. The van der Waals surface area contributed by atoms with Crippen LogP contribution in [0.5, 0.6) is 0 Å². The van der Waals surface area contributed by atoms with E-state index in [0.29, 0.717) is 0 Å². The number of thioether (sulfide) groups is 1. The summed E-state index contributed by atoms with van der Waals surface area (Å²) < 4.78 is 0. The molecule has 0 aromatic heterocycles. The molecule has 0 aliphatic carbocycles. The van der Waals surface area contributed by atoms with Gasteiger partial charge < -0.3 is 4.90 Å². The van der Waals surface area contributed by atoms with Gasteiger partial charge >= 0.3 is 0 Å². The average molecular weight is 196 g/mol. The highest BCUT2D eigenvalue weighted by atomic mass is 35.5. The molecule has 0 spiro atoms. The van der Waals surface area contributed by atoms with Crippen LogP contribution in [0.1, 0.15) is 12.8 Å². The number of rotatable bonds is 7. The second-order valence-electron chi connectivity index (χ2n) is 2.69. The minimum Gasteiger partial charge on any atom is -0.306 e. The molecule has 0 bridgehead atoms. The maximum Gasteiger partial charge on any atom is 0.0235 e. The van der Waals surface area contributed by atoms with E-state index in [2.05, 4.69) is 18.2 Å². The maximum atomic E-state index is 5.58. The molecule has 0 fully saturated rings. The summed E-state index contributed by atoms with van der Waals surface area (Å²) in [5.74, 6) is 2.05. The van der Waals surface area contributed by atoms with Crippen LogP contribution >= 0.6 is 23.4 Å². The summed E-state index contributed by atoms with van der Waals surface area (Å²) in [6, 6.07) is 0. The molecule has 0 aromatic carbocycles. The number of alkyl halides is 1. The zero-order chi connectivity index (χ0) is 8.53. The molecule has 0 N–H and O–H groups in total. The van der Waals surface area contributed by atoms with Crippen molar-refractivity contribution >= 4 is 23.4 Å². The van der Waals surface area contributed by atoms with Gasteiger partial charge in [0.1, 0.15) is 0 Å². The van der Waals surface area contributed by atoms with Crippen molar-refractivity contribution in [1.82, 2.24) is 4.90 Å². The Labute approximate surface area is 79.5 Å². The van der Waals surface area contributed by atoms with Crippen LogP contribution in [0.3, 0.4) is 0 Å². The Balaban J connectivity index is 3.02. The molecule has 0 aliphatic rings. The zero-order valence-corrected chi connectivity index (χ0v) is 9.05. The number of hydrogen-bond donors (Lipinski definition) is 0. The third-order valence-electron chi connectivity index (χ3n) is 1.56. The highest BCUT2D eigenvalue weighted by molar-refractivity contribution is 7.98. The molecule has 0 heterocycles. The predicted octanol–water partition coefficient (Wildman–Crippen LogP) is 2.30. The van der Waals surface area contributed by atoms with E-state index in [1.165, 1.54) is 18.7 Å². The molecule has 3 heteroatoms. The Hall–Kier alpha value is 0.600. The van der Waals surface area contributed by atoms with Crippen LogP contribution in [-0.2, 0) is 0 Å². The minimum atomic E-state index is 0.785. The molecule has 0 unspecified atom stereocenters. The van der Waals surface area contributed by atoms with Gasteiger partial charge in [0.2, 0.25) is 0 Å². The van der Waals surface area contributed by atoms with Gasteiger partial charge in [-0.3, -0.25) is 0 Å². The smallest absolute Gasteiger partial charge is 0.0235 e. The Morgan fingerprint density at radius 1 is 1.27 bits per heavy atom. The summed E-state index contributed by atoms with van der Waals surface area (Å²) >= 11 is 7.49. The Morgan fingerprint density at radius 2 is 1.91 bits per heavy atom.